The van der Waals surface area contributed by atoms with Crippen LogP contribution in [0.5, 0.6) is 0 Å². The summed E-state index contributed by atoms with van der Waals surface area (Å²) in [4.78, 5) is 23.8. The van der Waals surface area contributed by atoms with Crippen LogP contribution in [0.2, 0.25) is 0 Å². The van der Waals surface area contributed by atoms with Gasteiger partial charge in [-0.15, -0.1) is 5.92 Å². The lowest BCUT2D eigenvalue weighted by Crippen LogP contribution is -2.38. The summed E-state index contributed by atoms with van der Waals surface area (Å²) in [6.45, 7) is 1.60. The van der Waals surface area contributed by atoms with Gasteiger partial charge in [0.2, 0.25) is 0 Å². The lowest BCUT2D eigenvalue weighted by molar-refractivity contribution is 0.509. The molecule has 0 amide bonds. The molecule has 98 valence electrons. The van der Waals surface area contributed by atoms with Crippen LogP contribution in [0, 0.1) is 23.5 Å². The fourth-order valence-corrected chi connectivity index (χ4v) is 1.79. The van der Waals surface area contributed by atoms with Crippen LogP contribution in [-0.2, 0) is 13.6 Å². The Labute approximate surface area is 106 Å². The molecule has 2 aromatic rings. The maximum atomic E-state index is 13.3. The van der Waals surface area contributed by atoms with E-state index in [9.17, 15) is 18.4 Å². The van der Waals surface area contributed by atoms with Gasteiger partial charge in [-0.1, -0.05) is 5.92 Å². The average molecular weight is 264 g/mol. The van der Waals surface area contributed by atoms with Crippen molar-refractivity contribution in [1.82, 2.24) is 9.13 Å². The fourth-order valence-electron chi connectivity index (χ4n) is 1.79. The first-order valence-electron chi connectivity index (χ1n) is 5.45. The van der Waals surface area contributed by atoms with Gasteiger partial charge in [-0.2, -0.15) is 0 Å². The van der Waals surface area contributed by atoms with Crippen molar-refractivity contribution in [3.05, 3.63) is 44.6 Å². The van der Waals surface area contributed by atoms with Gasteiger partial charge < -0.3 is 0 Å². The van der Waals surface area contributed by atoms with Crippen LogP contribution in [0.1, 0.15) is 6.92 Å². The van der Waals surface area contributed by atoms with E-state index in [1.165, 1.54) is 7.05 Å². The molecule has 0 bridgehead atoms. The van der Waals surface area contributed by atoms with E-state index in [1.807, 2.05) is 0 Å². The van der Waals surface area contributed by atoms with Gasteiger partial charge in [-0.3, -0.25) is 13.9 Å². The Hall–Kier alpha value is -2.42. The molecule has 1 aromatic carbocycles. The van der Waals surface area contributed by atoms with Crippen LogP contribution < -0.4 is 11.2 Å². The molecule has 0 saturated heterocycles. The Morgan fingerprint density at radius 3 is 2.47 bits per heavy atom. The molecule has 0 spiro atoms. The Balaban J connectivity index is 3.00. The van der Waals surface area contributed by atoms with Crippen LogP contribution in [0.4, 0.5) is 8.78 Å². The molecule has 0 N–H and O–H groups in total. The smallest absolute Gasteiger partial charge is 0.281 e. The average Bonchev–Trinajstić information content (AvgIpc) is 2.39. The molecule has 0 aliphatic rings. The summed E-state index contributed by atoms with van der Waals surface area (Å²) in [6.07, 6.45) is 0. The molecule has 0 radical (unpaired) electrons. The third-order valence-electron chi connectivity index (χ3n) is 2.80. The maximum Gasteiger partial charge on any atom is 0.332 e. The summed E-state index contributed by atoms with van der Waals surface area (Å²) in [7, 11) is 1.28. The van der Waals surface area contributed by atoms with Crippen molar-refractivity contribution < 1.29 is 8.78 Å². The zero-order valence-electron chi connectivity index (χ0n) is 10.3. The molecule has 19 heavy (non-hydrogen) atoms. The van der Waals surface area contributed by atoms with Crippen molar-refractivity contribution in [2.45, 2.75) is 13.5 Å². The first-order valence-corrected chi connectivity index (χ1v) is 5.45. The quantitative estimate of drug-likeness (QED) is 0.721. The van der Waals surface area contributed by atoms with Crippen molar-refractivity contribution in [1.29, 1.82) is 0 Å². The summed E-state index contributed by atoms with van der Waals surface area (Å²) < 4.78 is 28.5. The van der Waals surface area contributed by atoms with E-state index < -0.39 is 22.9 Å². The molecule has 0 atom stereocenters. The van der Waals surface area contributed by atoms with Crippen LogP contribution in [0.25, 0.3) is 10.9 Å². The molecular formula is C13H10F2N2O2. The number of halogens is 2. The fraction of sp³-hybridized carbons (Fsp3) is 0.231. The molecule has 0 fully saturated rings. The van der Waals surface area contributed by atoms with E-state index >= 15 is 0 Å². The first kappa shape index (κ1) is 13.0. The Morgan fingerprint density at radius 2 is 1.84 bits per heavy atom. The number of hydrogen-bond donors (Lipinski definition) is 0. The largest absolute Gasteiger partial charge is 0.332 e. The topological polar surface area (TPSA) is 44.0 Å². The third-order valence-corrected chi connectivity index (χ3v) is 2.80. The van der Waals surface area contributed by atoms with E-state index in [0.717, 1.165) is 21.3 Å². The van der Waals surface area contributed by atoms with Gasteiger partial charge in [-0.05, 0) is 13.0 Å². The van der Waals surface area contributed by atoms with Gasteiger partial charge in [0.15, 0.2) is 11.6 Å². The van der Waals surface area contributed by atoms with Gasteiger partial charge in [0, 0.05) is 13.1 Å². The Bertz CT molecular complexity index is 838. The van der Waals surface area contributed by atoms with Gasteiger partial charge in [0.05, 0.1) is 17.4 Å². The third kappa shape index (κ3) is 2.03. The molecule has 1 heterocycles. The molecule has 4 nitrogen and oxygen atoms in total. The number of fused-ring (bicyclic) bond motifs is 1. The van der Waals surface area contributed by atoms with E-state index in [4.69, 9.17) is 0 Å². The highest BCUT2D eigenvalue weighted by molar-refractivity contribution is 5.78. The summed E-state index contributed by atoms with van der Waals surface area (Å²) in [5.74, 6) is 3.02. The van der Waals surface area contributed by atoms with Crippen molar-refractivity contribution in [3.63, 3.8) is 0 Å². The Morgan fingerprint density at radius 1 is 1.21 bits per heavy atom. The van der Waals surface area contributed by atoms with Gasteiger partial charge in [0.1, 0.15) is 0 Å². The SMILES string of the molecule is CC#CCn1c(=O)n(C)c(=O)c2cc(F)c(F)cc21. The zero-order valence-corrected chi connectivity index (χ0v) is 10.3. The van der Waals surface area contributed by atoms with Crippen molar-refractivity contribution in [2.24, 2.45) is 7.05 Å². The molecular weight excluding hydrogens is 254 g/mol. The highest BCUT2D eigenvalue weighted by Crippen LogP contribution is 2.14. The van der Waals surface area contributed by atoms with Crippen molar-refractivity contribution in [2.75, 3.05) is 0 Å². The van der Waals surface area contributed by atoms with Crippen LogP contribution in [0.15, 0.2) is 21.7 Å². The van der Waals surface area contributed by atoms with Crippen molar-refractivity contribution >= 4 is 10.9 Å². The number of benzene rings is 1. The van der Waals surface area contributed by atoms with E-state index in [-0.39, 0.29) is 17.4 Å². The second-order valence-electron chi connectivity index (χ2n) is 3.94. The summed E-state index contributed by atoms with van der Waals surface area (Å²) in [5, 5.41) is -0.0566. The summed E-state index contributed by atoms with van der Waals surface area (Å²) >= 11 is 0. The van der Waals surface area contributed by atoms with E-state index in [2.05, 4.69) is 11.8 Å². The number of aromatic nitrogens is 2. The Kier molecular flexibility index (Phi) is 3.21. The second-order valence-corrected chi connectivity index (χ2v) is 3.94. The summed E-state index contributed by atoms with van der Waals surface area (Å²) in [5.41, 5.74) is -1.25. The predicted octanol–water partition coefficient (Wildman–Crippen LogP) is 1.00. The molecule has 0 aliphatic carbocycles. The minimum absolute atomic E-state index is 0.00499. The second kappa shape index (κ2) is 4.69. The molecule has 0 aliphatic heterocycles. The molecule has 0 saturated carbocycles. The minimum Gasteiger partial charge on any atom is -0.281 e. The number of nitrogens with zero attached hydrogens (tertiary/aromatic N) is 2. The van der Waals surface area contributed by atoms with Crippen LogP contribution in [-0.4, -0.2) is 9.13 Å². The van der Waals surface area contributed by atoms with Gasteiger partial charge >= 0.3 is 5.69 Å². The minimum atomic E-state index is -1.13. The lowest BCUT2D eigenvalue weighted by Gasteiger charge is -2.09. The van der Waals surface area contributed by atoms with Crippen LogP contribution in [0.3, 0.4) is 0 Å². The molecule has 0 unspecified atom stereocenters. The van der Waals surface area contributed by atoms with Crippen molar-refractivity contribution in [3.8, 4) is 11.8 Å². The standard InChI is InChI=1S/C13H10F2N2O2/c1-3-4-5-17-11-7-10(15)9(14)6-8(11)12(18)16(2)13(17)19/h6-7H,5H2,1-2H3. The number of rotatable bonds is 1. The zero-order chi connectivity index (χ0) is 14.2. The lowest BCUT2D eigenvalue weighted by atomic mass is 10.2. The highest BCUT2D eigenvalue weighted by Gasteiger charge is 2.13. The van der Waals surface area contributed by atoms with Gasteiger partial charge in [-0.25, -0.2) is 13.6 Å². The van der Waals surface area contributed by atoms with E-state index in [1.54, 1.807) is 6.92 Å². The first-order chi connectivity index (χ1) is 8.97. The monoisotopic (exact) mass is 264 g/mol. The van der Waals surface area contributed by atoms with E-state index in [0.29, 0.717) is 0 Å². The predicted molar refractivity (Wildman–Crippen MR) is 66.8 cm³/mol. The maximum absolute atomic E-state index is 13.3. The normalized spacial score (nSPS) is 10.3. The molecule has 2 rings (SSSR count). The molecule has 6 heteroatoms. The molecule has 1 aromatic heterocycles. The van der Waals surface area contributed by atoms with Crippen LogP contribution >= 0.6 is 0 Å². The highest BCUT2D eigenvalue weighted by atomic mass is 19.2. The summed E-state index contributed by atoms with van der Waals surface area (Å²) in [6, 6.07) is 1.63. The van der Waals surface area contributed by atoms with Gasteiger partial charge in [0.25, 0.3) is 5.56 Å². The number of hydrogen-bond acceptors (Lipinski definition) is 2.